The molecule has 2 amide bonds. The van der Waals surface area contributed by atoms with Crippen LogP contribution in [0, 0.1) is 0 Å². The first-order valence-corrected chi connectivity index (χ1v) is 18.0. The molecule has 1 saturated carbocycles. The van der Waals surface area contributed by atoms with Gasteiger partial charge in [0.25, 0.3) is 11.8 Å². The third kappa shape index (κ3) is 7.20. The van der Waals surface area contributed by atoms with Crippen LogP contribution < -0.4 is 19.9 Å². The van der Waals surface area contributed by atoms with Crippen molar-refractivity contribution in [2.45, 2.75) is 42.2 Å². The minimum atomic E-state index is -3.73. The zero-order valence-electron chi connectivity index (χ0n) is 25.9. The second-order valence-electron chi connectivity index (χ2n) is 11.8. The van der Waals surface area contributed by atoms with Gasteiger partial charge in [0.1, 0.15) is 11.8 Å². The minimum Gasteiger partial charge on any atom is -0.495 e. The predicted molar refractivity (Wildman–Crippen MR) is 182 cm³/mol. The molecule has 1 saturated heterocycles. The van der Waals surface area contributed by atoms with Gasteiger partial charge in [0, 0.05) is 34.9 Å². The van der Waals surface area contributed by atoms with Crippen molar-refractivity contribution in [3.8, 4) is 5.75 Å². The number of β-amino-alcohol motifs (C(OH)–C–C–N with tert-alkyl or cyclic N) is 1. The number of aliphatic hydroxyl groups is 2. The summed E-state index contributed by atoms with van der Waals surface area (Å²) in [4.78, 5) is 33.6. The van der Waals surface area contributed by atoms with E-state index in [9.17, 15) is 28.2 Å². The summed E-state index contributed by atoms with van der Waals surface area (Å²) in [6.07, 6.45) is 2.43. The quantitative estimate of drug-likeness (QED) is 0.191. The molecule has 1 unspecified atom stereocenters. The number of hydrogen-bond acceptors (Lipinski definition) is 9. The lowest BCUT2D eigenvalue weighted by atomic mass is 10.0. The van der Waals surface area contributed by atoms with Gasteiger partial charge in [-0.3, -0.25) is 14.5 Å². The minimum absolute atomic E-state index is 0.0100. The number of amides is 2. The van der Waals surface area contributed by atoms with E-state index in [0.717, 1.165) is 23.4 Å². The van der Waals surface area contributed by atoms with E-state index in [1.165, 1.54) is 36.3 Å². The summed E-state index contributed by atoms with van der Waals surface area (Å²) in [6, 6.07) is 20.8. The summed E-state index contributed by atoms with van der Waals surface area (Å²) >= 11 is 1.57. The second-order valence-corrected chi connectivity index (χ2v) is 14.8. The van der Waals surface area contributed by atoms with Crippen molar-refractivity contribution in [3.05, 3.63) is 100 Å². The van der Waals surface area contributed by atoms with Gasteiger partial charge >= 0.3 is 0 Å². The number of anilines is 3. The lowest BCUT2D eigenvalue weighted by Gasteiger charge is -2.31. The molecule has 2 fully saturated rings. The third-order valence-electron chi connectivity index (χ3n) is 8.50. The first kappa shape index (κ1) is 32.7. The van der Waals surface area contributed by atoms with Crippen molar-refractivity contribution in [2.24, 2.45) is 0 Å². The summed E-state index contributed by atoms with van der Waals surface area (Å²) in [5.41, 5.74) is 2.66. The molecule has 0 spiro atoms. The molecule has 10 nitrogen and oxygen atoms in total. The number of sulfone groups is 1. The number of nitrogens with zero attached hydrogens (tertiary/aromatic N) is 2. The Morgan fingerprint density at radius 1 is 1.04 bits per heavy atom. The lowest BCUT2D eigenvalue weighted by Crippen LogP contribution is -2.41. The Labute approximate surface area is 278 Å². The number of ether oxygens (including phenoxy) is 1. The molecule has 4 aromatic rings. The summed E-state index contributed by atoms with van der Waals surface area (Å²) in [6.45, 7) is 0.698. The molecule has 6 rings (SSSR count). The Bertz CT molecular complexity index is 1840. The number of nitrogens with one attached hydrogen (secondary N) is 1. The van der Waals surface area contributed by atoms with Gasteiger partial charge < -0.3 is 25.2 Å². The molecule has 1 aliphatic carbocycles. The Morgan fingerprint density at radius 3 is 2.40 bits per heavy atom. The van der Waals surface area contributed by atoms with Crippen molar-refractivity contribution in [1.29, 1.82) is 0 Å². The average Bonchev–Trinajstić information content (AvgIpc) is 3.65. The molecule has 3 N–H and O–H groups in total. The van der Waals surface area contributed by atoms with E-state index in [1.807, 2.05) is 23.6 Å². The van der Waals surface area contributed by atoms with Gasteiger partial charge in [-0.25, -0.2) is 8.42 Å². The topological polar surface area (TPSA) is 136 Å². The number of methoxy groups -OCH3 is 1. The highest BCUT2D eigenvalue weighted by atomic mass is 32.2. The molecule has 246 valence electrons. The first-order valence-electron chi connectivity index (χ1n) is 15.5. The summed E-state index contributed by atoms with van der Waals surface area (Å²) in [5, 5.41) is 24.2. The predicted octanol–water partition coefficient (Wildman–Crippen LogP) is 5.00. The van der Waals surface area contributed by atoms with Crippen molar-refractivity contribution in [1.82, 2.24) is 0 Å². The molecule has 1 aromatic heterocycles. The van der Waals surface area contributed by atoms with Crippen LogP contribution in [0.2, 0.25) is 0 Å². The molecule has 12 heteroatoms. The smallest absolute Gasteiger partial charge is 0.259 e. The average molecular weight is 676 g/mol. The number of aliphatic hydroxyl groups excluding tert-OH is 2. The van der Waals surface area contributed by atoms with Crippen molar-refractivity contribution in [3.63, 3.8) is 0 Å². The van der Waals surface area contributed by atoms with E-state index in [-0.39, 0.29) is 10.5 Å². The standard InChI is InChI=1S/C35H37N3O7S2/c1-45-31-5-3-2-4-30(31)36-34(41)33(25-20-32(46-22-25)23-6-7-23)38(27-12-10-26(11-13-27)37-17-16-28(40)21-37)35(42)24-8-14-29(15-9-24)47(43,44)19-18-39/h2-5,8-15,20,22-23,28,33,39-40H,6-7,16-19,21H2,1H3,(H,36,41)/t28-,33?/m1/s1. The Morgan fingerprint density at radius 2 is 1.77 bits per heavy atom. The number of hydrogen-bond donors (Lipinski definition) is 3. The van der Waals surface area contributed by atoms with Crippen LogP contribution >= 0.6 is 11.3 Å². The number of carbonyl (C=O) groups excluding carboxylic acids is 2. The van der Waals surface area contributed by atoms with Gasteiger partial charge in [0.05, 0.1) is 36.2 Å². The fraction of sp³-hybridized carbons (Fsp3) is 0.314. The van der Waals surface area contributed by atoms with Gasteiger partial charge in [-0.2, -0.15) is 0 Å². The maximum absolute atomic E-state index is 14.6. The van der Waals surface area contributed by atoms with E-state index >= 15 is 0 Å². The largest absolute Gasteiger partial charge is 0.495 e. The maximum Gasteiger partial charge on any atom is 0.259 e. The molecule has 47 heavy (non-hydrogen) atoms. The van der Waals surface area contributed by atoms with Gasteiger partial charge in [0.2, 0.25) is 0 Å². The van der Waals surface area contributed by atoms with E-state index in [2.05, 4.69) is 10.2 Å². The number of carbonyl (C=O) groups is 2. The normalized spacial score (nSPS) is 16.9. The molecular formula is C35H37N3O7S2. The Kier molecular flexibility index (Phi) is 9.65. The highest BCUT2D eigenvalue weighted by Gasteiger charge is 2.36. The van der Waals surface area contributed by atoms with Gasteiger partial charge in [-0.05, 0) is 103 Å². The lowest BCUT2D eigenvalue weighted by molar-refractivity contribution is -0.117. The van der Waals surface area contributed by atoms with Crippen LogP contribution in [0.4, 0.5) is 17.1 Å². The summed E-state index contributed by atoms with van der Waals surface area (Å²) in [5.74, 6) is -0.464. The van der Waals surface area contributed by atoms with Crippen LogP contribution in [0.1, 0.15) is 52.0 Å². The van der Waals surface area contributed by atoms with E-state index in [4.69, 9.17) is 4.74 Å². The monoisotopic (exact) mass is 675 g/mol. The molecule has 2 heterocycles. The van der Waals surface area contributed by atoms with Crippen LogP contribution in [0.5, 0.6) is 5.75 Å². The maximum atomic E-state index is 14.6. The number of rotatable bonds is 12. The van der Waals surface area contributed by atoms with Crippen LogP contribution in [-0.2, 0) is 14.6 Å². The molecule has 1 aliphatic heterocycles. The van der Waals surface area contributed by atoms with Crippen molar-refractivity contribution < 1.29 is 33.0 Å². The molecule has 0 radical (unpaired) electrons. The number of thiophene rings is 1. The molecule has 0 bridgehead atoms. The fourth-order valence-electron chi connectivity index (χ4n) is 5.83. The van der Waals surface area contributed by atoms with Crippen molar-refractivity contribution in [2.75, 3.05) is 47.7 Å². The van der Waals surface area contributed by atoms with E-state index < -0.39 is 46.2 Å². The summed E-state index contributed by atoms with van der Waals surface area (Å²) in [7, 11) is -2.21. The molecular weight excluding hydrogens is 639 g/mol. The number of benzene rings is 3. The van der Waals surface area contributed by atoms with Gasteiger partial charge in [0.15, 0.2) is 9.84 Å². The zero-order valence-corrected chi connectivity index (χ0v) is 27.5. The van der Waals surface area contributed by atoms with Crippen molar-refractivity contribution >= 4 is 50.1 Å². The van der Waals surface area contributed by atoms with Crippen LogP contribution in [0.3, 0.4) is 0 Å². The van der Waals surface area contributed by atoms with Crippen LogP contribution in [-0.4, -0.2) is 69.1 Å². The molecule has 2 atom stereocenters. The van der Waals surface area contributed by atoms with Crippen LogP contribution in [0.25, 0.3) is 0 Å². The first-order chi connectivity index (χ1) is 22.7. The highest BCUT2D eigenvalue weighted by molar-refractivity contribution is 7.91. The number of para-hydroxylation sites is 2. The highest BCUT2D eigenvalue weighted by Crippen LogP contribution is 2.45. The summed E-state index contributed by atoms with van der Waals surface area (Å²) < 4.78 is 30.6. The van der Waals surface area contributed by atoms with Crippen LogP contribution in [0.15, 0.2) is 89.1 Å². The van der Waals surface area contributed by atoms with Gasteiger partial charge in [-0.1, -0.05) is 12.1 Å². The Balaban J connectivity index is 1.43. The fourth-order valence-corrected chi connectivity index (χ4v) is 7.95. The van der Waals surface area contributed by atoms with E-state index in [1.54, 1.807) is 47.7 Å². The zero-order chi connectivity index (χ0) is 33.1. The second kappa shape index (κ2) is 13.9. The van der Waals surface area contributed by atoms with Gasteiger partial charge in [-0.15, -0.1) is 11.3 Å². The molecule has 3 aromatic carbocycles. The molecule has 2 aliphatic rings. The van der Waals surface area contributed by atoms with E-state index in [0.29, 0.717) is 48.1 Å². The Hall–Kier alpha value is -4.23. The third-order valence-corrected chi connectivity index (χ3v) is 11.3. The SMILES string of the molecule is COc1ccccc1NC(=O)C(c1csc(C2CC2)c1)N(C(=O)c1ccc(S(=O)(=O)CCO)cc1)c1ccc(N2CC[C@@H](O)C2)cc1.